The van der Waals surface area contributed by atoms with Gasteiger partial charge in [0, 0.05) is 25.2 Å². The van der Waals surface area contributed by atoms with Crippen LogP contribution in [0.25, 0.3) is 0 Å². The zero-order valence-electron chi connectivity index (χ0n) is 14.5. The van der Waals surface area contributed by atoms with Crippen molar-refractivity contribution >= 4 is 15.9 Å². The van der Waals surface area contributed by atoms with Crippen molar-refractivity contribution in [1.29, 1.82) is 0 Å². The van der Waals surface area contributed by atoms with Crippen molar-refractivity contribution in [2.45, 2.75) is 31.2 Å². The van der Waals surface area contributed by atoms with E-state index in [-0.39, 0.29) is 17.3 Å². The highest BCUT2D eigenvalue weighted by atomic mass is 32.2. The molecule has 1 aliphatic rings. The minimum Gasteiger partial charge on any atom is -0.339 e. The van der Waals surface area contributed by atoms with Crippen LogP contribution in [0, 0.1) is 12.7 Å². The van der Waals surface area contributed by atoms with E-state index in [2.05, 4.69) is 4.72 Å². The van der Waals surface area contributed by atoms with Crippen molar-refractivity contribution in [3.8, 4) is 0 Å². The fraction of sp³-hybridized carbons (Fsp3) is 0.316. The van der Waals surface area contributed by atoms with Gasteiger partial charge in [-0.1, -0.05) is 18.2 Å². The van der Waals surface area contributed by atoms with E-state index in [9.17, 15) is 17.6 Å². The Morgan fingerprint density at radius 3 is 2.42 bits per heavy atom. The molecule has 0 saturated carbocycles. The fourth-order valence-corrected chi connectivity index (χ4v) is 4.12. The minimum atomic E-state index is -3.95. The molecular weight excluding hydrogens is 355 g/mol. The molecule has 0 unspecified atom stereocenters. The third-order valence-electron chi connectivity index (χ3n) is 4.44. The number of sulfonamides is 1. The van der Waals surface area contributed by atoms with Gasteiger partial charge in [-0.15, -0.1) is 0 Å². The van der Waals surface area contributed by atoms with Crippen LogP contribution in [-0.4, -0.2) is 32.3 Å². The predicted octanol–water partition coefficient (Wildman–Crippen LogP) is 2.85. The molecule has 0 radical (unpaired) electrons. The Morgan fingerprint density at radius 1 is 1.12 bits per heavy atom. The maximum Gasteiger partial charge on any atom is 0.253 e. The summed E-state index contributed by atoms with van der Waals surface area (Å²) in [6.07, 6.45) is 2.06. The van der Waals surface area contributed by atoms with Crippen molar-refractivity contribution in [3.05, 3.63) is 65.0 Å². The molecule has 1 saturated heterocycles. The Labute approximate surface area is 152 Å². The van der Waals surface area contributed by atoms with E-state index in [4.69, 9.17) is 0 Å². The molecule has 0 atom stereocenters. The van der Waals surface area contributed by atoms with Crippen molar-refractivity contribution < 1.29 is 17.6 Å². The highest BCUT2D eigenvalue weighted by molar-refractivity contribution is 7.89. The number of likely N-dealkylation sites (tertiary alicyclic amines) is 1. The largest absolute Gasteiger partial charge is 0.339 e. The Kier molecular flexibility index (Phi) is 5.38. The van der Waals surface area contributed by atoms with E-state index in [0.29, 0.717) is 16.7 Å². The van der Waals surface area contributed by atoms with Gasteiger partial charge in [-0.05, 0) is 55.2 Å². The summed E-state index contributed by atoms with van der Waals surface area (Å²) in [5.74, 6) is -0.786. The van der Waals surface area contributed by atoms with Gasteiger partial charge in [-0.3, -0.25) is 4.79 Å². The Hall–Kier alpha value is -2.25. The second-order valence-electron chi connectivity index (χ2n) is 6.45. The number of hydrogen-bond donors (Lipinski definition) is 1. The van der Waals surface area contributed by atoms with Crippen molar-refractivity contribution in [1.82, 2.24) is 9.62 Å². The molecule has 1 heterocycles. The molecule has 26 heavy (non-hydrogen) atoms. The molecule has 1 amide bonds. The van der Waals surface area contributed by atoms with Gasteiger partial charge in [-0.2, -0.15) is 0 Å². The first-order chi connectivity index (χ1) is 12.4. The smallest absolute Gasteiger partial charge is 0.253 e. The van der Waals surface area contributed by atoms with Gasteiger partial charge < -0.3 is 4.90 Å². The Morgan fingerprint density at radius 2 is 1.77 bits per heavy atom. The molecule has 0 aromatic heterocycles. The van der Waals surface area contributed by atoms with Gasteiger partial charge in [0.25, 0.3) is 5.91 Å². The number of halogens is 1. The lowest BCUT2D eigenvalue weighted by molar-refractivity contribution is 0.0793. The van der Waals surface area contributed by atoms with Gasteiger partial charge in [0.05, 0.1) is 0 Å². The maximum atomic E-state index is 13.8. The van der Waals surface area contributed by atoms with Gasteiger partial charge in [0.2, 0.25) is 10.0 Å². The number of benzene rings is 2. The number of hydrogen-bond acceptors (Lipinski definition) is 3. The monoisotopic (exact) mass is 376 g/mol. The zero-order chi connectivity index (χ0) is 18.7. The third kappa shape index (κ3) is 4.11. The summed E-state index contributed by atoms with van der Waals surface area (Å²) < 4.78 is 40.9. The molecule has 5 nitrogen and oxygen atoms in total. The van der Waals surface area contributed by atoms with E-state index in [1.165, 1.54) is 12.1 Å². The van der Waals surface area contributed by atoms with Crippen LogP contribution in [0.15, 0.2) is 47.4 Å². The maximum absolute atomic E-state index is 13.8. The molecule has 1 aliphatic heterocycles. The Balaban J connectivity index is 1.67. The average molecular weight is 376 g/mol. The molecule has 3 rings (SSSR count). The fourth-order valence-electron chi connectivity index (χ4n) is 2.94. The lowest BCUT2D eigenvalue weighted by Crippen LogP contribution is -2.27. The first-order valence-electron chi connectivity index (χ1n) is 8.51. The summed E-state index contributed by atoms with van der Waals surface area (Å²) >= 11 is 0. The van der Waals surface area contributed by atoms with Crippen LogP contribution in [0.4, 0.5) is 4.39 Å². The number of amides is 1. The summed E-state index contributed by atoms with van der Waals surface area (Å²) in [7, 11) is -3.95. The Bertz CT molecular complexity index is 905. The van der Waals surface area contributed by atoms with Crippen LogP contribution < -0.4 is 4.72 Å². The van der Waals surface area contributed by atoms with Crippen LogP contribution in [-0.2, 0) is 16.6 Å². The normalized spacial score (nSPS) is 14.6. The predicted molar refractivity (Wildman–Crippen MR) is 96.7 cm³/mol. The van der Waals surface area contributed by atoms with E-state index < -0.39 is 15.8 Å². The molecule has 7 heteroatoms. The third-order valence-corrected chi connectivity index (χ3v) is 5.85. The topological polar surface area (TPSA) is 66.5 Å². The second kappa shape index (κ2) is 7.55. The molecular formula is C19H21FN2O3S. The van der Waals surface area contributed by atoms with Gasteiger partial charge >= 0.3 is 0 Å². The number of rotatable bonds is 5. The summed E-state index contributed by atoms with van der Waals surface area (Å²) in [6.45, 7) is 3.29. The molecule has 2 aromatic rings. The van der Waals surface area contributed by atoms with Gasteiger partial charge in [0.1, 0.15) is 10.7 Å². The highest BCUT2D eigenvalue weighted by Crippen LogP contribution is 2.17. The SMILES string of the molecule is Cc1ccc(F)c(S(=O)(=O)NCc2ccc(C(=O)N3CCCC3)cc2)c1. The van der Waals surface area contributed by atoms with Crippen LogP contribution in [0.1, 0.15) is 34.3 Å². The molecule has 2 aromatic carbocycles. The molecule has 0 bridgehead atoms. The van der Waals surface area contributed by atoms with Crippen LogP contribution in [0.3, 0.4) is 0 Å². The van der Waals surface area contributed by atoms with Crippen LogP contribution in [0.5, 0.6) is 0 Å². The van der Waals surface area contributed by atoms with Crippen molar-refractivity contribution in [3.63, 3.8) is 0 Å². The summed E-state index contributed by atoms with van der Waals surface area (Å²) in [4.78, 5) is 13.8. The van der Waals surface area contributed by atoms with Gasteiger partial charge in [0.15, 0.2) is 0 Å². The first kappa shape index (κ1) is 18.5. The van der Waals surface area contributed by atoms with Crippen LogP contribution in [0.2, 0.25) is 0 Å². The zero-order valence-corrected chi connectivity index (χ0v) is 15.4. The summed E-state index contributed by atoms with van der Waals surface area (Å²) in [5, 5.41) is 0. The number of nitrogens with zero attached hydrogens (tertiary/aromatic N) is 1. The number of carbonyl (C=O) groups excluding carboxylic acids is 1. The first-order valence-corrected chi connectivity index (χ1v) is 9.99. The number of nitrogens with one attached hydrogen (secondary N) is 1. The number of aryl methyl sites for hydroxylation is 1. The van der Waals surface area contributed by atoms with E-state index in [1.54, 1.807) is 31.2 Å². The molecule has 1 N–H and O–H groups in total. The standard InChI is InChI=1S/C19H21FN2O3S/c1-14-4-9-17(20)18(12-14)26(24,25)21-13-15-5-7-16(8-6-15)19(23)22-10-2-3-11-22/h4-9,12,21H,2-3,10-11,13H2,1H3. The van der Waals surface area contributed by atoms with E-state index >= 15 is 0 Å². The highest BCUT2D eigenvalue weighted by Gasteiger charge is 2.20. The summed E-state index contributed by atoms with van der Waals surface area (Å²) in [5.41, 5.74) is 1.94. The van der Waals surface area contributed by atoms with E-state index in [0.717, 1.165) is 32.0 Å². The quantitative estimate of drug-likeness (QED) is 0.873. The van der Waals surface area contributed by atoms with Gasteiger partial charge in [-0.25, -0.2) is 17.5 Å². The molecule has 1 fully saturated rings. The molecule has 0 spiro atoms. The lowest BCUT2D eigenvalue weighted by Gasteiger charge is -2.15. The summed E-state index contributed by atoms with van der Waals surface area (Å²) in [6, 6.07) is 10.8. The molecule has 0 aliphatic carbocycles. The van der Waals surface area contributed by atoms with Crippen molar-refractivity contribution in [2.24, 2.45) is 0 Å². The van der Waals surface area contributed by atoms with Crippen LogP contribution >= 0.6 is 0 Å². The lowest BCUT2D eigenvalue weighted by atomic mass is 10.1. The minimum absolute atomic E-state index is 0.00328. The average Bonchev–Trinajstić information content (AvgIpc) is 3.16. The second-order valence-corrected chi connectivity index (χ2v) is 8.19. The van der Waals surface area contributed by atoms with E-state index in [1.807, 2.05) is 4.90 Å². The molecule has 138 valence electrons. The number of carbonyl (C=O) groups is 1. The van der Waals surface area contributed by atoms with Crippen molar-refractivity contribution in [2.75, 3.05) is 13.1 Å².